The van der Waals surface area contributed by atoms with E-state index in [0.29, 0.717) is 25.3 Å². The molecule has 0 radical (unpaired) electrons. The van der Waals surface area contributed by atoms with Crippen molar-refractivity contribution in [1.29, 1.82) is 5.26 Å². The first-order valence-electron chi connectivity index (χ1n) is 8.48. The zero-order valence-electron chi connectivity index (χ0n) is 14.4. The van der Waals surface area contributed by atoms with Crippen molar-refractivity contribution in [2.24, 2.45) is 0 Å². The minimum atomic E-state index is -0.133. The van der Waals surface area contributed by atoms with E-state index >= 15 is 0 Å². The molecule has 132 valence electrons. The van der Waals surface area contributed by atoms with Gasteiger partial charge in [-0.15, -0.1) is 0 Å². The molecule has 1 amide bonds. The van der Waals surface area contributed by atoms with E-state index in [4.69, 9.17) is 5.26 Å². The summed E-state index contributed by atoms with van der Waals surface area (Å²) < 4.78 is 3.55. The molecule has 0 bridgehead atoms. The van der Waals surface area contributed by atoms with Gasteiger partial charge < -0.3 is 5.32 Å². The summed E-state index contributed by atoms with van der Waals surface area (Å²) in [6, 6.07) is 13.9. The number of anilines is 1. The summed E-state index contributed by atoms with van der Waals surface area (Å²) in [5.74, 6) is 0.384. The Morgan fingerprint density at radius 1 is 1.15 bits per heavy atom. The summed E-state index contributed by atoms with van der Waals surface area (Å²) in [4.78, 5) is 12.2. The molecule has 0 spiro atoms. The van der Waals surface area contributed by atoms with Gasteiger partial charge in [-0.3, -0.25) is 14.2 Å². The van der Waals surface area contributed by atoms with Gasteiger partial charge in [0.15, 0.2) is 5.82 Å². The van der Waals surface area contributed by atoms with Crippen molar-refractivity contribution < 1.29 is 4.79 Å². The molecule has 26 heavy (non-hydrogen) atoms. The summed E-state index contributed by atoms with van der Waals surface area (Å²) in [6.45, 7) is 1.34. The van der Waals surface area contributed by atoms with Gasteiger partial charge in [0, 0.05) is 31.4 Å². The second-order valence-electron chi connectivity index (χ2n) is 5.98. The fraction of sp³-hybridized carbons (Fsp3) is 0.263. The summed E-state index contributed by atoms with van der Waals surface area (Å²) in [6.07, 6.45) is 6.87. The lowest BCUT2D eigenvalue weighted by Gasteiger charge is -2.02. The lowest BCUT2D eigenvalue weighted by molar-refractivity contribution is -0.115. The number of nitriles is 1. The molecule has 0 saturated heterocycles. The Balaban J connectivity index is 1.50. The number of hydrogen-bond acceptors (Lipinski definition) is 4. The first kappa shape index (κ1) is 17.4. The number of amides is 1. The Kier molecular flexibility index (Phi) is 5.78. The van der Waals surface area contributed by atoms with Gasteiger partial charge in [0.1, 0.15) is 0 Å². The maximum atomic E-state index is 12.2. The molecule has 7 heteroatoms. The first-order valence-corrected chi connectivity index (χ1v) is 8.48. The van der Waals surface area contributed by atoms with Gasteiger partial charge in [0.05, 0.1) is 25.2 Å². The Morgan fingerprint density at radius 3 is 2.81 bits per heavy atom. The van der Waals surface area contributed by atoms with Gasteiger partial charge in [0.2, 0.25) is 5.91 Å². The minimum absolute atomic E-state index is 0.133. The third kappa shape index (κ3) is 5.05. The SMILES string of the molecule is N#CCCCn1ccc(NC(=O)Cc2cnn(Cc3ccccc3)c2)n1. The van der Waals surface area contributed by atoms with Crippen molar-refractivity contribution in [3.63, 3.8) is 0 Å². The number of unbranched alkanes of at least 4 members (excludes halogenated alkanes) is 1. The normalized spacial score (nSPS) is 10.4. The number of aromatic nitrogens is 4. The van der Waals surface area contributed by atoms with E-state index in [1.807, 2.05) is 41.2 Å². The number of hydrogen-bond donors (Lipinski definition) is 1. The van der Waals surface area contributed by atoms with Crippen LogP contribution in [-0.4, -0.2) is 25.5 Å². The lowest BCUT2D eigenvalue weighted by atomic mass is 10.2. The third-order valence-electron chi connectivity index (χ3n) is 3.82. The zero-order valence-corrected chi connectivity index (χ0v) is 14.4. The first-order chi connectivity index (χ1) is 12.7. The molecule has 0 saturated carbocycles. The van der Waals surface area contributed by atoms with Crippen LogP contribution in [-0.2, 0) is 24.3 Å². The molecule has 0 aliphatic carbocycles. The van der Waals surface area contributed by atoms with Gasteiger partial charge >= 0.3 is 0 Å². The number of benzene rings is 1. The van der Waals surface area contributed by atoms with E-state index in [9.17, 15) is 4.79 Å². The topological polar surface area (TPSA) is 88.5 Å². The van der Waals surface area contributed by atoms with Crippen LogP contribution in [0.5, 0.6) is 0 Å². The molecule has 1 aromatic carbocycles. The molecule has 1 N–H and O–H groups in total. The molecule has 0 aliphatic rings. The van der Waals surface area contributed by atoms with Crippen LogP contribution < -0.4 is 5.32 Å². The smallest absolute Gasteiger partial charge is 0.230 e. The predicted octanol–water partition coefficient (Wildman–Crippen LogP) is 2.61. The predicted molar refractivity (Wildman–Crippen MR) is 97.2 cm³/mol. The van der Waals surface area contributed by atoms with Gasteiger partial charge in [-0.1, -0.05) is 30.3 Å². The molecule has 7 nitrogen and oxygen atoms in total. The van der Waals surface area contributed by atoms with Crippen LogP contribution >= 0.6 is 0 Å². The molecule has 3 aromatic rings. The molecule has 0 atom stereocenters. The van der Waals surface area contributed by atoms with Crippen molar-refractivity contribution >= 4 is 11.7 Å². The Bertz CT molecular complexity index is 890. The van der Waals surface area contributed by atoms with Crippen LogP contribution in [0, 0.1) is 11.3 Å². The van der Waals surface area contributed by atoms with Crippen molar-refractivity contribution in [2.45, 2.75) is 32.4 Å². The van der Waals surface area contributed by atoms with Gasteiger partial charge in [-0.25, -0.2) is 0 Å². The molecule has 3 rings (SSSR count). The van der Waals surface area contributed by atoms with E-state index < -0.39 is 0 Å². The summed E-state index contributed by atoms with van der Waals surface area (Å²) >= 11 is 0. The summed E-state index contributed by atoms with van der Waals surface area (Å²) in [7, 11) is 0. The van der Waals surface area contributed by atoms with Crippen molar-refractivity contribution in [2.75, 3.05) is 5.32 Å². The second kappa shape index (κ2) is 8.62. The number of nitrogens with one attached hydrogen (secondary N) is 1. The van der Waals surface area contributed by atoms with Crippen LogP contribution in [0.3, 0.4) is 0 Å². The average molecular weight is 348 g/mol. The van der Waals surface area contributed by atoms with E-state index in [2.05, 4.69) is 21.6 Å². The molecular weight excluding hydrogens is 328 g/mol. The fourth-order valence-electron chi connectivity index (χ4n) is 2.60. The zero-order chi connectivity index (χ0) is 18.2. The Labute approximate surface area is 151 Å². The highest BCUT2D eigenvalue weighted by atomic mass is 16.1. The van der Waals surface area contributed by atoms with Crippen molar-refractivity contribution in [3.8, 4) is 6.07 Å². The number of carbonyl (C=O) groups excluding carboxylic acids is 1. The van der Waals surface area contributed by atoms with Crippen LogP contribution in [0.15, 0.2) is 55.0 Å². The third-order valence-corrected chi connectivity index (χ3v) is 3.82. The molecule has 2 aromatic heterocycles. The van der Waals surface area contributed by atoms with E-state index in [1.54, 1.807) is 23.1 Å². The fourth-order valence-corrected chi connectivity index (χ4v) is 2.60. The van der Waals surface area contributed by atoms with Gasteiger partial charge in [-0.05, 0) is 17.5 Å². The molecular formula is C19H20N6O. The van der Waals surface area contributed by atoms with Gasteiger partial charge in [-0.2, -0.15) is 15.5 Å². The highest BCUT2D eigenvalue weighted by Gasteiger charge is 2.08. The van der Waals surface area contributed by atoms with Gasteiger partial charge in [0.25, 0.3) is 0 Å². The molecule has 0 unspecified atom stereocenters. The lowest BCUT2D eigenvalue weighted by Crippen LogP contribution is -2.15. The standard InChI is InChI=1S/C19H20N6O/c20-9-4-5-10-24-11-8-18(23-24)22-19(26)12-17-13-21-25(15-17)14-16-6-2-1-3-7-16/h1-3,6-8,11,13,15H,4-5,10,12,14H2,(H,22,23,26). The quantitative estimate of drug-likeness (QED) is 0.634. The van der Waals surface area contributed by atoms with Crippen molar-refractivity contribution in [1.82, 2.24) is 19.6 Å². The number of carbonyl (C=O) groups is 1. The highest BCUT2D eigenvalue weighted by Crippen LogP contribution is 2.07. The second-order valence-corrected chi connectivity index (χ2v) is 5.98. The van der Waals surface area contributed by atoms with Crippen LogP contribution in [0.2, 0.25) is 0 Å². The molecule has 0 fully saturated rings. The maximum absolute atomic E-state index is 12.2. The Hall–Kier alpha value is -3.40. The summed E-state index contributed by atoms with van der Waals surface area (Å²) in [5, 5.41) is 19.9. The molecule has 0 aliphatic heterocycles. The van der Waals surface area contributed by atoms with E-state index in [0.717, 1.165) is 17.5 Å². The number of aryl methyl sites for hydroxylation is 1. The largest absolute Gasteiger partial charge is 0.309 e. The van der Waals surface area contributed by atoms with Crippen molar-refractivity contribution in [3.05, 3.63) is 66.1 Å². The maximum Gasteiger partial charge on any atom is 0.230 e. The number of rotatable bonds is 8. The minimum Gasteiger partial charge on any atom is -0.309 e. The Morgan fingerprint density at radius 2 is 2.00 bits per heavy atom. The highest BCUT2D eigenvalue weighted by molar-refractivity contribution is 5.91. The molecule has 2 heterocycles. The van der Waals surface area contributed by atoms with E-state index in [1.165, 1.54) is 0 Å². The average Bonchev–Trinajstić information content (AvgIpc) is 3.25. The van der Waals surface area contributed by atoms with Crippen LogP contribution in [0.1, 0.15) is 24.0 Å². The van der Waals surface area contributed by atoms with E-state index in [-0.39, 0.29) is 12.3 Å². The monoisotopic (exact) mass is 348 g/mol. The number of nitrogens with zero attached hydrogens (tertiary/aromatic N) is 5. The summed E-state index contributed by atoms with van der Waals surface area (Å²) in [5.41, 5.74) is 2.01. The van der Waals surface area contributed by atoms with Crippen LogP contribution in [0.4, 0.5) is 5.82 Å². The van der Waals surface area contributed by atoms with Crippen LogP contribution in [0.25, 0.3) is 0 Å².